The van der Waals surface area contributed by atoms with Crippen molar-refractivity contribution in [3.8, 4) is 0 Å². The second kappa shape index (κ2) is 8.97. The normalized spacial score (nSPS) is 15.8. The van der Waals surface area contributed by atoms with Crippen molar-refractivity contribution in [1.29, 1.82) is 0 Å². The van der Waals surface area contributed by atoms with E-state index in [1.54, 1.807) is 0 Å². The van der Waals surface area contributed by atoms with Crippen LogP contribution in [0.3, 0.4) is 0 Å². The van der Waals surface area contributed by atoms with Gasteiger partial charge in [0, 0.05) is 39.3 Å². The van der Waals surface area contributed by atoms with Gasteiger partial charge in [-0.25, -0.2) is 0 Å². The van der Waals surface area contributed by atoms with Crippen LogP contribution in [-0.4, -0.2) is 48.4 Å². The Morgan fingerprint density at radius 1 is 0.962 bits per heavy atom. The topological polar surface area (TPSA) is 35.6 Å². The number of nitrogens with zero attached hydrogens (tertiary/aromatic N) is 2. The van der Waals surface area contributed by atoms with Crippen molar-refractivity contribution in [1.82, 2.24) is 15.1 Å². The predicted molar refractivity (Wildman–Crippen MR) is 106 cm³/mol. The van der Waals surface area contributed by atoms with Gasteiger partial charge in [0.15, 0.2) is 0 Å². The fraction of sp³-hybridized carbons (Fsp3) is 0.409. The first kappa shape index (κ1) is 18.6. The molecule has 1 amide bonds. The van der Waals surface area contributed by atoms with Crippen LogP contribution < -0.4 is 5.32 Å². The van der Waals surface area contributed by atoms with Crippen LogP contribution in [0.4, 0.5) is 0 Å². The summed E-state index contributed by atoms with van der Waals surface area (Å²) in [6, 6.07) is 16.9. The molecule has 0 unspecified atom stereocenters. The quantitative estimate of drug-likeness (QED) is 0.869. The van der Waals surface area contributed by atoms with Gasteiger partial charge in [0.2, 0.25) is 5.91 Å². The van der Waals surface area contributed by atoms with Gasteiger partial charge >= 0.3 is 0 Å². The molecule has 1 saturated heterocycles. The first-order valence-corrected chi connectivity index (χ1v) is 9.41. The number of nitrogens with one attached hydrogen (secondary N) is 1. The zero-order valence-corrected chi connectivity index (χ0v) is 15.9. The molecule has 1 aliphatic rings. The highest BCUT2D eigenvalue weighted by atomic mass is 16.2. The molecule has 1 heterocycles. The lowest BCUT2D eigenvalue weighted by Gasteiger charge is -2.34. The maximum atomic E-state index is 12.2. The summed E-state index contributed by atoms with van der Waals surface area (Å²) in [7, 11) is 0. The minimum Gasteiger partial charge on any atom is -0.351 e. The zero-order valence-electron chi connectivity index (χ0n) is 15.9. The van der Waals surface area contributed by atoms with E-state index in [-0.39, 0.29) is 5.91 Å². The summed E-state index contributed by atoms with van der Waals surface area (Å²) in [5.41, 5.74) is 5.09. The van der Waals surface area contributed by atoms with Crippen molar-refractivity contribution >= 4 is 5.91 Å². The Labute approximate surface area is 156 Å². The fourth-order valence-electron chi connectivity index (χ4n) is 3.44. The van der Waals surface area contributed by atoms with E-state index >= 15 is 0 Å². The summed E-state index contributed by atoms with van der Waals surface area (Å²) in [4.78, 5) is 17.0. The van der Waals surface area contributed by atoms with Gasteiger partial charge < -0.3 is 5.32 Å². The minimum absolute atomic E-state index is 0.111. The van der Waals surface area contributed by atoms with Crippen molar-refractivity contribution in [3.05, 3.63) is 70.8 Å². The third-order valence-electron chi connectivity index (χ3n) is 5.06. The summed E-state index contributed by atoms with van der Waals surface area (Å²) in [6.07, 6.45) is 0. The van der Waals surface area contributed by atoms with Crippen LogP contribution >= 0.6 is 0 Å². The van der Waals surface area contributed by atoms with Gasteiger partial charge in [-0.05, 0) is 30.5 Å². The van der Waals surface area contributed by atoms with E-state index in [0.29, 0.717) is 13.1 Å². The smallest absolute Gasteiger partial charge is 0.234 e. The molecule has 2 aromatic carbocycles. The highest BCUT2D eigenvalue weighted by Gasteiger charge is 2.19. The van der Waals surface area contributed by atoms with Crippen molar-refractivity contribution in [3.63, 3.8) is 0 Å². The van der Waals surface area contributed by atoms with E-state index < -0.39 is 0 Å². The number of rotatable bonds is 6. The van der Waals surface area contributed by atoms with Crippen molar-refractivity contribution in [2.75, 3.05) is 32.7 Å². The van der Waals surface area contributed by atoms with Crippen molar-refractivity contribution < 1.29 is 4.79 Å². The van der Waals surface area contributed by atoms with Gasteiger partial charge in [0.25, 0.3) is 0 Å². The van der Waals surface area contributed by atoms with Crippen LogP contribution in [0.1, 0.15) is 22.3 Å². The molecule has 2 aromatic rings. The van der Waals surface area contributed by atoms with Crippen LogP contribution in [0, 0.1) is 13.8 Å². The maximum absolute atomic E-state index is 12.2. The van der Waals surface area contributed by atoms with Gasteiger partial charge in [0.1, 0.15) is 0 Å². The molecule has 4 nitrogen and oxygen atoms in total. The highest BCUT2D eigenvalue weighted by Crippen LogP contribution is 2.10. The number of carbonyl (C=O) groups is 1. The number of benzene rings is 2. The molecule has 138 valence electrons. The van der Waals surface area contributed by atoms with Crippen LogP contribution in [-0.2, 0) is 17.9 Å². The van der Waals surface area contributed by atoms with E-state index in [2.05, 4.69) is 65.4 Å². The molecule has 26 heavy (non-hydrogen) atoms. The average Bonchev–Trinajstić information content (AvgIpc) is 2.63. The lowest BCUT2D eigenvalue weighted by molar-refractivity contribution is -0.122. The Morgan fingerprint density at radius 3 is 2.42 bits per heavy atom. The number of hydrogen-bond acceptors (Lipinski definition) is 3. The van der Waals surface area contributed by atoms with E-state index in [1.165, 1.54) is 22.3 Å². The van der Waals surface area contributed by atoms with Crippen LogP contribution in [0.5, 0.6) is 0 Å². The maximum Gasteiger partial charge on any atom is 0.234 e. The second-order valence-corrected chi connectivity index (χ2v) is 7.24. The molecule has 1 N–H and O–H groups in total. The Hall–Kier alpha value is -2.17. The third kappa shape index (κ3) is 5.41. The Balaban J connectivity index is 1.39. The molecule has 0 spiro atoms. The van der Waals surface area contributed by atoms with E-state index in [0.717, 1.165) is 32.7 Å². The average molecular weight is 351 g/mol. The Kier molecular flexibility index (Phi) is 6.42. The lowest BCUT2D eigenvalue weighted by Crippen LogP contribution is -2.49. The molecule has 0 atom stereocenters. The summed E-state index contributed by atoms with van der Waals surface area (Å²) in [6.45, 7) is 10.2. The SMILES string of the molecule is Cc1cccc(CN2CCN(CC(=O)NCc3ccccc3C)CC2)c1. The molecule has 1 aliphatic heterocycles. The number of amides is 1. The van der Waals surface area contributed by atoms with E-state index in [4.69, 9.17) is 0 Å². The van der Waals surface area contributed by atoms with Gasteiger partial charge in [0.05, 0.1) is 6.54 Å². The van der Waals surface area contributed by atoms with Crippen LogP contribution in [0.2, 0.25) is 0 Å². The summed E-state index contributed by atoms with van der Waals surface area (Å²) in [5.74, 6) is 0.111. The first-order valence-electron chi connectivity index (χ1n) is 9.41. The molecule has 0 aliphatic carbocycles. The van der Waals surface area contributed by atoms with E-state index in [1.807, 2.05) is 12.1 Å². The Bertz CT molecular complexity index is 736. The first-order chi connectivity index (χ1) is 12.6. The summed E-state index contributed by atoms with van der Waals surface area (Å²) < 4.78 is 0. The molecule has 4 heteroatoms. The second-order valence-electron chi connectivity index (χ2n) is 7.24. The largest absolute Gasteiger partial charge is 0.351 e. The molecular formula is C22H29N3O. The van der Waals surface area contributed by atoms with Gasteiger partial charge in [-0.3, -0.25) is 14.6 Å². The zero-order chi connectivity index (χ0) is 18.4. The summed E-state index contributed by atoms with van der Waals surface area (Å²) >= 11 is 0. The number of piperazine rings is 1. The molecular weight excluding hydrogens is 322 g/mol. The molecule has 0 radical (unpaired) electrons. The minimum atomic E-state index is 0.111. The van der Waals surface area contributed by atoms with Crippen LogP contribution in [0.15, 0.2) is 48.5 Å². The number of carbonyl (C=O) groups excluding carboxylic acids is 1. The van der Waals surface area contributed by atoms with Gasteiger partial charge in [-0.15, -0.1) is 0 Å². The highest BCUT2D eigenvalue weighted by molar-refractivity contribution is 5.78. The van der Waals surface area contributed by atoms with Crippen molar-refractivity contribution in [2.24, 2.45) is 0 Å². The number of hydrogen-bond donors (Lipinski definition) is 1. The van der Waals surface area contributed by atoms with Gasteiger partial charge in [-0.2, -0.15) is 0 Å². The van der Waals surface area contributed by atoms with Crippen molar-refractivity contribution in [2.45, 2.75) is 26.9 Å². The monoisotopic (exact) mass is 351 g/mol. The molecule has 1 fully saturated rings. The predicted octanol–water partition coefficient (Wildman–Crippen LogP) is 2.74. The molecule has 3 rings (SSSR count). The summed E-state index contributed by atoms with van der Waals surface area (Å²) in [5, 5.41) is 3.05. The third-order valence-corrected chi connectivity index (χ3v) is 5.06. The fourth-order valence-corrected chi connectivity index (χ4v) is 3.44. The molecule has 0 saturated carbocycles. The molecule has 0 aromatic heterocycles. The number of aryl methyl sites for hydroxylation is 2. The molecule has 0 bridgehead atoms. The lowest BCUT2D eigenvalue weighted by atomic mass is 10.1. The standard InChI is InChI=1S/C22H29N3O/c1-18-6-5-8-20(14-18)16-24-10-12-25(13-11-24)17-22(26)23-15-21-9-4-3-7-19(21)2/h3-9,14H,10-13,15-17H2,1-2H3,(H,23,26). The Morgan fingerprint density at radius 2 is 1.69 bits per heavy atom. The van der Waals surface area contributed by atoms with Gasteiger partial charge in [-0.1, -0.05) is 54.1 Å². The van der Waals surface area contributed by atoms with E-state index in [9.17, 15) is 4.79 Å². The van der Waals surface area contributed by atoms with Crippen LogP contribution in [0.25, 0.3) is 0 Å².